The van der Waals surface area contributed by atoms with Crippen LogP contribution in [0.25, 0.3) is 22.5 Å². The number of benzene rings is 4. The number of H-pyrrole nitrogens is 1. The maximum absolute atomic E-state index is 12.7. The Balaban J connectivity index is 1.13. The predicted molar refractivity (Wildman–Crippen MR) is 194 cm³/mol. The number of hydrogen-bond acceptors (Lipinski definition) is 9. The predicted octanol–water partition coefficient (Wildman–Crippen LogP) is 4.45. The Labute approximate surface area is 295 Å². The number of hydrogen-bond donors (Lipinski definition) is 7. The number of aliphatic hydroxyl groups is 2. The van der Waals surface area contributed by atoms with Crippen molar-refractivity contribution in [3.8, 4) is 22.5 Å². The van der Waals surface area contributed by atoms with Gasteiger partial charge in [0.1, 0.15) is 12.1 Å². The summed E-state index contributed by atoms with van der Waals surface area (Å²) in [5.41, 5.74) is 1.45. The minimum Gasteiger partial charge on any atom is -0.376 e. The average molecular weight is 689 g/mol. The molecule has 7 N–H and O–H groups in total. The SMILES string of the molecule is C[C@H](Nc1ccc(-c2cc(-c3ccc(N[C@@H](C)C(=O)NC(=O)[C@@](C)(O)c4ccccc4)cc3)n[nH]2)cc1)C(=O)NC(=O)[C@](C)(O)c1ccccc1. The zero-order valence-electron chi connectivity index (χ0n) is 28.6. The van der Waals surface area contributed by atoms with Crippen LogP contribution in [0.1, 0.15) is 38.8 Å². The largest absolute Gasteiger partial charge is 0.376 e. The van der Waals surface area contributed by atoms with Crippen LogP contribution in [-0.2, 0) is 30.4 Å². The fourth-order valence-electron chi connectivity index (χ4n) is 5.20. The Bertz CT molecular complexity index is 1850. The van der Waals surface area contributed by atoms with E-state index in [1.165, 1.54) is 13.8 Å². The molecule has 0 saturated carbocycles. The number of rotatable bonds is 12. The summed E-state index contributed by atoms with van der Waals surface area (Å²) in [5, 5.41) is 39.6. The highest BCUT2D eigenvalue weighted by Gasteiger charge is 2.35. The summed E-state index contributed by atoms with van der Waals surface area (Å²) in [4.78, 5) is 50.8. The van der Waals surface area contributed by atoms with Crippen LogP contribution in [0.2, 0.25) is 0 Å². The lowest BCUT2D eigenvalue weighted by Crippen LogP contribution is -2.49. The summed E-state index contributed by atoms with van der Waals surface area (Å²) >= 11 is 0. The Morgan fingerprint density at radius 3 is 1.41 bits per heavy atom. The molecule has 1 heterocycles. The number of imide groups is 2. The topological polar surface area (TPSA) is 186 Å². The first-order valence-corrected chi connectivity index (χ1v) is 16.3. The van der Waals surface area contributed by atoms with E-state index in [0.29, 0.717) is 28.2 Å². The van der Waals surface area contributed by atoms with E-state index in [0.717, 1.165) is 16.8 Å². The number of aromatic amines is 1. The van der Waals surface area contributed by atoms with Crippen molar-refractivity contribution >= 4 is 35.0 Å². The molecule has 0 saturated heterocycles. The number of nitrogens with zero attached hydrogens (tertiary/aromatic N) is 1. The van der Waals surface area contributed by atoms with E-state index in [-0.39, 0.29) is 0 Å². The van der Waals surface area contributed by atoms with Gasteiger partial charge in [-0.2, -0.15) is 5.10 Å². The molecule has 0 radical (unpaired) electrons. The third kappa shape index (κ3) is 8.55. The van der Waals surface area contributed by atoms with Crippen LogP contribution < -0.4 is 21.3 Å². The first-order valence-electron chi connectivity index (χ1n) is 16.3. The second-order valence-corrected chi connectivity index (χ2v) is 12.6. The van der Waals surface area contributed by atoms with Crippen molar-refractivity contribution in [2.45, 2.75) is 51.0 Å². The summed E-state index contributed by atoms with van der Waals surface area (Å²) in [6.07, 6.45) is 0. The highest BCUT2D eigenvalue weighted by atomic mass is 16.3. The van der Waals surface area contributed by atoms with Crippen molar-refractivity contribution in [2.24, 2.45) is 0 Å². The second kappa shape index (κ2) is 15.2. The number of amides is 4. The number of carbonyl (C=O) groups excluding carboxylic acids is 4. The molecule has 12 heteroatoms. The summed E-state index contributed by atoms with van der Waals surface area (Å²) in [6.45, 7) is 5.91. The van der Waals surface area contributed by atoms with Gasteiger partial charge in [-0.05, 0) is 74.7 Å². The maximum Gasteiger partial charge on any atom is 0.262 e. The molecule has 0 bridgehead atoms. The molecule has 4 aromatic carbocycles. The van der Waals surface area contributed by atoms with E-state index in [2.05, 4.69) is 31.5 Å². The van der Waals surface area contributed by atoms with E-state index in [1.807, 2.05) is 30.3 Å². The second-order valence-electron chi connectivity index (χ2n) is 12.6. The minimum absolute atomic E-state index is 0.375. The van der Waals surface area contributed by atoms with Gasteiger partial charge in [0.15, 0.2) is 11.2 Å². The molecule has 0 aliphatic carbocycles. The molecule has 0 unspecified atom stereocenters. The van der Waals surface area contributed by atoms with Gasteiger partial charge in [-0.1, -0.05) is 84.9 Å². The van der Waals surface area contributed by atoms with Crippen LogP contribution in [-0.4, -0.2) is 56.1 Å². The summed E-state index contributed by atoms with van der Waals surface area (Å²) in [5.74, 6) is -2.80. The van der Waals surface area contributed by atoms with Crippen LogP contribution in [0, 0.1) is 0 Å². The quantitative estimate of drug-likeness (QED) is 0.0995. The summed E-state index contributed by atoms with van der Waals surface area (Å²) in [6, 6.07) is 31.8. The molecular weight excluding hydrogens is 648 g/mol. The molecule has 0 fully saturated rings. The van der Waals surface area contributed by atoms with Crippen molar-refractivity contribution in [1.29, 1.82) is 0 Å². The van der Waals surface area contributed by atoms with Gasteiger partial charge in [-0.15, -0.1) is 0 Å². The third-order valence-electron chi connectivity index (χ3n) is 8.54. The molecule has 262 valence electrons. The van der Waals surface area contributed by atoms with E-state index < -0.39 is 46.9 Å². The first kappa shape index (κ1) is 36.2. The fraction of sp³-hybridized carbons (Fsp3) is 0.205. The monoisotopic (exact) mass is 688 g/mol. The average Bonchev–Trinajstić information content (AvgIpc) is 3.63. The van der Waals surface area contributed by atoms with E-state index in [9.17, 15) is 29.4 Å². The molecule has 5 rings (SSSR count). The van der Waals surface area contributed by atoms with E-state index >= 15 is 0 Å². The Morgan fingerprint density at radius 2 is 1.00 bits per heavy atom. The highest BCUT2D eigenvalue weighted by Crippen LogP contribution is 2.27. The van der Waals surface area contributed by atoms with Crippen LogP contribution in [0.4, 0.5) is 11.4 Å². The Hall–Kier alpha value is -6.11. The lowest BCUT2D eigenvalue weighted by molar-refractivity contribution is -0.144. The highest BCUT2D eigenvalue weighted by molar-refractivity contribution is 6.03. The minimum atomic E-state index is -1.87. The molecule has 0 aliphatic heterocycles. The molecule has 1 aromatic heterocycles. The van der Waals surface area contributed by atoms with Gasteiger partial charge in [0.05, 0.1) is 11.4 Å². The van der Waals surface area contributed by atoms with Crippen molar-refractivity contribution in [3.63, 3.8) is 0 Å². The number of nitrogens with one attached hydrogen (secondary N) is 5. The van der Waals surface area contributed by atoms with E-state index in [4.69, 9.17) is 0 Å². The smallest absolute Gasteiger partial charge is 0.262 e. The number of carbonyl (C=O) groups is 4. The lowest BCUT2D eigenvalue weighted by Gasteiger charge is -2.23. The van der Waals surface area contributed by atoms with Crippen molar-refractivity contribution in [2.75, 3.05) is 10.6 Å². The van der Waals surface area contributed by atoms with E-state index in [1.54, 1.807) is 98.8 Å². The van der Waals surface area contributed by atoms with Gasteiger partial charge in [0.25, 0.3) is 11.8 Å². The molecule has 51 heavy (non-hydrogen) atoms. The van der Waals surface area contributed by atoms with Gasteiger partial charge in [-0.3, -0.25) is 34.9 Å². The summed E-state index contributed by atoms with van der Waals surface area (Å²) in [7, 11) is 0. The molecule has 0 spiro atoms. The molecule has 4 atom stereocenters. The van der Waals surface area contributed by atoms with Crippen LogP contribution in [0.5, 0.6) is 0 Å². The number of aromatic nitrogens is 2. The standard InChI is InChI=1S/C39H40N6O6/c1-24(34(46)42-36(48)38(3,50)28-11-7-5-8-12-28)40-30-19-15-26(16-20-30)32-23-33(45-44-32)27-17-21-31(22-18-27)41-25(2)35(47)43-37(49)39(4,51)29-13-9-6-10-14-29/h5-25,40-41,50-51H,1-4H3,(H,44,45)(H,42,46,48)(H,43,47,49)/t24-,25-,38-,39+/m0/s1. The van der Waals surface area contributed by atoms with Crippen LogP contribution in [0.15, 0.2) is 115 Å². The molecule has 0 aliphatic rings. The van der Waals surface area contributed by atoms with Gasteiger partial charge in [0, 0.05) is 16.9 Å². The molecule has 5 aromatic rings. The zero-order chi connectivity index (χ0) is 36.8. The number of anilines is 2. The van der Waals surface area contributed by atoms with Gasteiger partial charge in [-0.25, -0.2) is 0 Å². The van der Waals surface area contributed by atoms with Gasteiger partial charge >= 0.3 is 0 Å². The Kier molecular flexibility index (Phi) is 10.8. The van der Waals surface area contributed by atoms with Crippen molar-refractivity contribution in [3.05, 3.63) is 126 Å². The van der Waals surface area contributed by atoms with Gasteiger partial charge in [0.2, 0.25) is 11.8 Å². The zero-order valence-corrected chi connectivity index (χ0v) is 28.6. The van der Waals surface area contributed by atoms with Crippen LogP contribution >= 0.6 is 0 Å². The Morgan fingerprint density at radius 1 is 0.608 bits per heavy atom. The fourth-order valence-corrected chi connectivity index (χ4v) is 5.20. The third-order valence-corrected chi connectivity index (χ3v) is 8.54. The van der Waals surface area contributed by atoms with Crippen LogP contribution in [0.3, 0.4) is 0 Å². The summed E-state index contributed by atoms with van der Waals surface area (Å²) < 4.78 is 0. The normalized spacial score (nSPS) is 14.5. The van der Waals surface area contributed by atoms with Crippen molar-refractivity contribution in [1.82, 2.24) is 20.8 Å². The van der Waals surface area contributed by atoms with Gasteiger partial charge < -0.3 is 20.8 Å². The molecule has 4 amide bonds. The molecule has 12 nitrogen and oxygen atoms in total. The molecular formula is C39H40N6O6. The maximum atomic E-state index is 12.7. The first-order chi connectivity index (χ1) is 24.3. The lowest BCUT2D eigenvalue weighted by atomic mass is 9.95. The van der Waals surface area contributed by atoms with Crippen molar-refractivity contribution < 1.29 is 29.4 Å².